The van der Waals surface area contributed by atoms with Crippen molar-refractivity contribution in [1.29, 1.82) is 0 Å². The molecule has 0 spiro atoms. The summed E-state index contributed by atoms with van der Waals surface area (Å²) in [6.07, 6.45) is 0. The fourth-order valence-electron chi connectivity index (χ4n) is 0.967. The van der Waals surface area contributed by atoms with Gasteiger partial charge in [-0.15, -0.1) is 11.3 Å². The highest BCUT2D eigenvalue weighted by Crippen LogP contribution is 2.23. The maximum absolute atomic E-state index is 11.5. The number of aromatic carboxylic acids is 1. The zero-order valence-corrected chi connectivity index (χ0v) is 10.1. The minimum Gasteiger partial charge on any atom is -0.477 e. The van der Waals surface area contributed by atoms with Crippen molar-refractivity contribution in [2.75, 3.05) is 24.2 Å². The summed E-state index contributed by atoms with van der Waals surface area (Å²) >= 11 is 0.964. The Morgan fingerprint density at radius 2 is 2.31 bits per heavy atom. The molecule has 0 fully saturated rings. The van der Waals surface area contributed by atoms with E-state index >= 15 is 0 Å². The molecule has 0 aliphatic carbocycles. The molecule has 1 aromatic rings. The van der Waals surface area contributed by atoms with Gasteiger partial charge in [-0.3, -0.25) is 4.72 Å². The molecule has 0 radical (unpaired) electrons. The Labute approximate surface area is 96.9 Å². The van der Waals surface area contributed by atoms with Gasteiger partial charge in [-0.05, 0) is 11.4 Å². The second kappa shape index (κ2) is 5.28. The van der Waals surface area contributed by atoms with Crippen molar-refractivity contribution in [1.82, 2.24) is 0 Å². The van der Waals surface area contributed by atoms with Crippen molar-refractivity contribution in [2.45, 2.75) is 0 Å². The lowest BCUT2D eigenvalue weighted by atomic mass is 10.4. The van der Waals surface area contributed by atoms with Gasteiger partial charge in [-0.2, -0.15) is 0 Å². The van der Waals surface area contributed by atoms with Crippen LogP contribution >= 0.6 is 11.3 Å². The zero-order valence-electron chi connectivity index (χ0n) is 8.47. The first kappa shape index (κ1) is 12.9. The maximum atomic E-state index is 11.5. The van der Waals surface area contributed by atoms with Gasteiger partial charge >= 0.3 is 5.97 Å². The Morgan fingerprint density at radius 3 is 2.88 bits per heavy atom. The van der Waals surface area contributed by atoms with Crippen LogP contribution in [0, 0.1) is 0 Å². The Bertz CT molecular complexity index is 465. The molecule has 0 aromatic carbocycles. The summed E-state index contributed by atoms with van der Waals surface area (Å²) in [7, 11) is -2.16. The largest absolute Gasteiger partial charge is 0.477 e. The molecule has 0 atom stereocenters. The van der Waals surface area contributed by atoms with Crippen molar-refractivity contribution in [3.63, 3.8) is 0 Å². The first-order valence-electron chi connectivity index (χ1n) is 4.26. The Balaban J connectivity index is 2.80. The van der Waals surface area contributed by atoms with E-state index in [1.807, 2.05) is 0 Å². The molecule has 1 heterocycles. The van der Waals surface area contributed by atoms with Crippen molar-refractivity contribution in [3.05, 3.63) is 16.3 Å². The monoisotopic (exact) mass is 265 g/mol. The maximum Gasteiger partial charge on any atom is 0.348 e. The van der Waals surface area contributed by atoms with Crippen molar-refractivity contribution >= 4 is 33.0 Å². The lowest BCUT2D eigenvalue weighted by Gasteiger charge is -2.06. The molecule has 90 valence electrons. The summed E-state index contributed by atoms with van der Waals surface area (Å²) in [6, 6.07) is 1.42. The highest BCUT2D eigenvalue weighted by Gasteiger charge is 2.17. The molecule has 0 amide bonds. The van der Waals surface area contributed by atoms with Gasteiger partial charge in [0.2, 0.25) is 10.0 Å². The smallest absolute Gasteiger partial charge is 0.348 e. The van der Waals surface area contributed by atoms with Gasteiger partial charge < -0.3 is 9.84 Å². The minimum absolute atomic E-state index is 0.0269. The second-order valence-corrected chi connectivity index (χ2v) is 5.64. The molecule has 2 N–H and O–H groups in total. The van der Waals surface area contributed by atoms with Gasteiger partial charge in [0, 0.05) is 7.11 Å². The number of hydrogen-bond donors (Lipinski definition) is 2. The Kier molecular flexibility index (Phi) is 4.27. The standard InChI is InChI=1S/C8H11NO5S2/c1-14-3-5-16(12,13)9-6-2-4-15-7(6)8(10)11/h2,4,9H,3,5H2,1H3,(H,10,11). The molecule has 0 saturated carbocycles. The van der Waals surface area contributed by atoms with Gasteiger partial charge in [0.15, 0.2) is 0 Å². The fourth-order valence-corrected chi connectivity index (χ4v) is 2.71. The quantitative estimate of drug-likeness (QED) is 0.795. The number of carbonyl (C=O) groups is 1. The predicted molar refractivity (Wildman–Crippen MR) is 60.6 cm³/mol. The molecule has 8 heteroatoms. The number of rotatable bonds is 6. The first-order valence-corrected chi connectivity index (χ1v) is 6.79. The zero-order chi connectivity index (χ0) is 12.2. The van der Waals surface area contributed by atoms with Crippen LogP contribution in [0.1, 0.15) is 9.67 Å². The molecule has 0 aliphatic heterocycles. The van der Waals surface area contributed by atoms with Crippen molar-refractivity contribution < 1.29 is 23.1 Å². The van der Waals surface area contributed by atoms with Crippen LogP contribution in [0.5, 0.6) is 0 Å². The van der Waals surface area contributed by atoms with Gasteiger partial charge in [0.05, 0.1) is 18.0 Å². The summed E-state index contributed by atoms with van der Waals surface area (Å²) in [5.74, 6) is -1.36. The summed E-state index contributed by atoms with van der Waals surface area (Å²) < 4.78 is 29.8. The molecule has 0 saturated heterocycles. The van der Waals surface area contributed by atoms with Gasteiger partial charge in [0.1, 0.15) is 4.88 Å². The van der Waals surface area contributed by atoms with E-state index in [0.29, 0.717) is 0 Å². The number of nitrogens with one attached hydrogen (secondary N) is 1. The fraction of sp³-hybridized carbons (Fsp3) is 0.375. The van der Waals surface area contributed by atoms with Crippen LogP contribution in [0.15, 0.2) is 11.4 Å². The number of sulfonamides is 1. The average molecular weight is 265 g/mol. The predicted octanol–water partition coefficient (Wildman–Crippen LogP) is 0.834. The van der Waals surface area contributed by atoms with E-state index in [1.165, 1.54) is 18.6 Å². The topological polar surface area (TPSA) is 92.7 Å². The number of carboxylic acids is 1. The second-order valence-electron chi connectivity index (χ2n) is 2.88. The third kappa shape index (κ3) is 3.47. The van der Waals surface area contributed by atoms with Crippen LogP contribution in [0.4, 0.5) is 5.69 Å². The molecular formula is C8H11NO5S2. The number of thiophene rings is 1. The number of methoxy groups -OCH3 is 1. The van der Waals surface area contributed by atoms with Crippen molar-refractivity contribution in [3.8, 4) is 0 Å². The van der Waals surface area contributed by atoms with E-state index in [-0.39, 0.29) is 22.9 Å². The van der Waals surface area contributed by atoms with E-state index in [9.17, 15) is 13.2 Å². The molecule has 6 nitrogen and oxygen atoms in total. The highest BCUT2D eigenvalue weighted by atomic mass is 32.2. The molecule has 16 heavy (non-hydrogen) atoms. The number of anilines is 1. The molecule has 1 aromatic heterocycles. The normalized spacial score (nSPS) is 11.3. The van der Waals surface area contributed by atoms with Gasteiger partial charge in [0.25, 0.3) is 0 Å². The molecular weight excluding hydrogens is 254 g/mol. The van der Waals surface area contributed by atoms with Crippen LogP contribution in [-0.2, 0) is 14.8 Å². The Morgan fingerprint density at radius 1 is 1.62 bits per heavy atom. The number of carboxylic acid groups (broad SMARTS) is 1. The molecule has 0 bridgehead atoms. The van der Waals surface area contributed by atoms with Gasteiger partial charge in [-0.1, -0.05) is 0 Å². The Hall–Kier alpha value is -1.12. The van der Waals surface area contributed by atoms with Crippen LogP contribution in [0.2, 0.25) is 0 Å². The summed E-state index contributed by atoms with van der Waals surface area (Å²) in [4.78, 5) is 10.7. The molecule has 1 rings (SSSR count). The lowest BCUT2D eigenvalue weighted by Crippen LogP contribution is -2.20. The van der Waals surface area contributed by atoms with E-state index in [2.05, 4.69) is 9.46 Å². The van der Waals surface area contributed by atoms with Crippen molar-refractivity contribution in [2.24, 2.45) is 0 Å². The van der Waals surface area contributed by atoms with E-state index in [1.54, 1.807) is 0 Å². The minimum atomic E-state index is -3.55. The first-order chi connectivity index (χ1) is 7.46. The summed E-state index contributed by atoms with van der Waals surface area (Å²) in [6.45, 7) is 0.0574. The third-order valence-electron chi connectivity index (χ3n) is 1.68. The molecule has 0 unspecified atom stereocenters. The van der Waals surface area contributed by atoms with E-state index < -0.39 is 16.0 Å². The van der Waals surface area contributed by atoms with Crippen LogP contribution in [0.3, 0.4) is 0 Å². The van der Waals surface area contributed by atoms with Crippen LogP contribution in [-0.4, -0.2) is 39.0 Å². The summed E-state index contributed by atoms with van der Waals surface area (Å²) in [5.41, 5.74) is 0.0913. The average Bonchev–Trinajstić information content (AvgIpc) is 2.62. The third-order valence-corrected chi connectivity index (χ3v) is 3.82. The number of hydrogen-bond acceptors (Lipinski definition) is 5. The van der Waals surface area contributed by atoms with Crippen LogP contribution < -0.4 is 4.72 Å². The highest BCUT2D eigenvalue weighted by molar-refractivity contribution is 7.92. The van der Waals surface area contributed by atoms with Gasteiger partial charge in [-0.25, -0.2) is 13.2 Å². The van der Waals surface area contributed by atoms with E-state index in [4.69, 9.17) is 5.11 Å². The lowest BCUT2D eigenvalue weighted by molar-refractivity contribution is 0.0703. The van der Waals surface area contributed by atoms with Crippen LogP contribution in [0.25, 0.3) is 0 Å². The SMILES string of the molecule is COCCS(=O)(=O)Nc1ccsc1C(=O)O. The van der Waals surface area contributed by atoms with E-state index in [0.717, 1.165) is 11.3 Å². The molecule has 0 aliphatic rings. The summed E-state index contributed by atoms with van der Waals surface area (Å²) in [5, 5.41) is 10.3. The number of ether oxygens (including phenoxy) is 1.